The molecule has 0 spiro atoms. The molecule has 0 bridgehead atoms. The Hall–Kier alpha value is -1.34. The topological polar surface area (TPSA) is 72.2 Å². The Kier molecular flexibility index (Phi) is 4.03. The number of carboxylic acids is 1. The number of aromatic nitrogens is 2. The second kappa shape index (κ2) is 5.81. The summed E-state index contributed by atoms with van der Waals surface area (Å²) in [6, 6.07) is 1.99. The van der Waals surface area contributed by atoms with Crippen LogP contribution in [-0.2, 0) is 4.79 Å². The van der Waals surface area contributed by atoms with Gasteiger partial charge in [0.05, 0.1) is 11.1 Å². The van der Waals surface area contributed by atoms with Crippen molar-refractivity contribution in [2.24, 2.45) is 5.92 Å². The summed E-state index contributed by atoms with van der Waals surface area (Å²) in [5.74, 6) is -0.447. The molecule has 2 unspecified atom stereocenters. The third kappa shape index (κ3) is 2.85. The summed E-state index contributed by atoms with van der Waals surface area (Å²) in [6.07, 6.45) is 3.19. The van der Waals surface area contributed by atoms with Gasteiger partial charge in [-0.25, -0.2) is 4.98 Å². The van der Waals surface area contributed by atoms with Crippen LogP contribution in [0.5, 0.6) is 0 Å². The molecule has 1 N–H and O–H groups in total. The summed E-state index contributed by atoms with van der Waals surface area (Å²) in [5.41, 5.74) is -0.0299. The molecule has 21 heavy (non-hydrogen) atoms. The molecule has 0 saturated heterocycles. The first-order chi connectivity index (χ1) is 10.1. The summed E-state index contributed by atoms with van der Waals surface area (Å²) < 4.78 is 1.73. The maximum absolute atomic E-state index is 12.7. The lowest BCUT2D eigenvalue weighted by Gasteiger charge is -2.11. The van der Waals surface area contributed by atoms with E-state index in [0.717, 1.165) is 31.0 Å². The van der Waals surface area contributed by atoms with Crippen LogP contribution in [-0.4, -0.2) is 26.4 Å². The molecule has 7 heteroatoms. The Bertz CT molecular complexity index is 737. The van der Waals surface area contributed by atoms with E-state index in [1.54, 1.807) is 10.6 Å². The third-order valence-corrected chi connectivity index (χ3v) is 5.44. The number of carboxylic acid groups (broad SMARTS) is 1. The van der Waals surface area contributed by atoms with Gasteiger partial charge in [-0.3, -0.25) is 14.2 Å². The lowest BCUT2D eigenvalue weighted by molar-refractivity contribution is -0.133. The minimum atomic E-state index is -0.895. The van der Waals surface area contributed by atoms with E-state index in [1.165, 1.54) is 11.3 Å². The number of carbonyl (C=O) groups is 1. The van der Waals surface area contributed by atoms with Crippen molar-refractivity contribution in [3.8, 4) is 0 Å². The van der Waals surface area contributed by atoms with E-state index < -0.39 is 5.97 Å². The van der Waals surface area contributed by atoms with Crippen molar-refractivity contribution >= 4 is 39.3 Å². The molecular formula is C14H16N2O3S2. The third-order valence-electron chi connectivity index (χ3n) is 3.70. The highest BCUT2D eigenvalue weighted by Gasteiger charge is 2.40. The van der Waals surface area contributed by atoms with Gasteiger partial charge in [0.15, 0.2) is 5.16 Å². The van der Waals surface area contributed by atoms with Crippen molar-refractivity contribution in [2.45, 2.75) is 37.4 Å². The average Bonchev–Trinajstić information content (AvgIpc) is 3.01. The van der Waals surface area contributed by atoms with Gasteiger partial charge < -0.3 is 5.11 Å². The first kappa shape index (κ1) is 14.6. The number of thioether (sulfide) groups is 1. The van der Waals surface area contributed by atoms with Gasteiger partial charge in [0, 0.05) is 6.04 Å². The van der Waals surface area contributed by atoms with Crippen molar-refractivity contribution in [3.05, 3.63) is 21.8 Å². The molecule has 1 saturated carbocycles. The van der Waals surface area contributed by atoms with E-state index in [0.29, 0.717) is 21.3 Å². The molecule has 0 aromatic carbocycles. The Morgan fingerprint density at radius 2 is 2.43 bits per heavy atom. The van der Waals surface area contributed by atoms with Gasteiger partial charge in [0.25, 0.3) is 5.56 Å². The smallest absolute Gasteiger partial charge is 0.313 e. The summed E-state index contributed by atoms with van der Waals surface area (Å²) in [6.45, 7) is 2.14. The van der Waals surface area contributed by atoms with Crippen molar-refractivity contribution in [1.29, 1.82) is 0 Å². The largest absolute Gasteiger partial charge is 0.481 e. The average molecular weight is 324 g/mol. The highest BCUT2D eigenvalue weighted by atomic mass is 32.2. The predicted octanol–water partition coefficient (Wildman–Crippen LogP) is 3.00. The van der Waals surface area contributed by atoms with Crippen LogP contribution in [0.2, 0.25) is 0 Å². The fourth-order valence-electron chi connectivity index (χ4n) is 2.66. The van der Waals surface area contributed by atoms with E-state index in [2.05, 4.69) is 11.9 Å². The summed E-state index contributed by atoms with van der Waals surface area (Å²) in [7, 11) is 0. The first-order valence-electron chi connectivity index (χ1n) is 6.96. The Labute approximate surface area is 130 Å². The summed E-state index contributed by atoms with van der Waals surface area (Å²) in [4.78, 5) is 28.7. The van der Waals surface area contributed by atoms with Gasteiger partial charge >= 0.3 is 5.97 Å². The summed E-state index contributed by atoms with van der Waals surface area (Å²) >= 11 is 2.55. The van der Waals surface area contributed by atoms with Gasteiger partial charge in [-0.1, -0.05) is 25.1 Å². The zero-order valence-corrected chi connectivity index (χ0v) is 13.2. The molecule has 2 aromatic rings. The van der Waals surface area contributed by atoms with Crippen molar-refractivity contribution in [2.75, 3.05) is 5.75 Å². The second-order valence-corrected chi connectivity index (χ2v) is 7.08. The molecule has 0 amide bonds. The maximum Gasteiger partial charge on any atom is 0.313 e. The minimum absolute atomic E-state index is 0.0299. The molecule has 0 radical (unpaired) electrons. The van der Waals surface area contributed by atoms with Crippen molar-refractivity contribution in [3.63, 3.8) is 0 Å². The Balaban J connectivity index is 2.02. The van der Waals surface area contributed by atoms with E-state index in [1.807, 2.05) is 5.38 Å². The van der Waals surface area contributed by atoms with Crippen LogP contribution in [0.3, 0.4) is 0 Å². The number of hydrogen-bond acceptors (Lipinski definition) is 5. The van der Waals surface area contributed by atoms with Crippen molar-refractivity contribution in [1.82, 2.24) is 9.55 Å². The van der Waals surface area contributed by atoms with Crippen LogP contribution >= 0.6 is 23.1 Å². The molecule has 0 aliphatic heterocycles. The van der Waals surface area contributed by atoms with Crippen LogP contribution in [0.15, 0.2) is 21.4 Å². The van der Waals surface area contributed by atoms with Crippen LogP contribution in [0.1, 0.15) is 32.2 Å². The lowest BCUT2D eigenvalue weighted by atomic mass is 10.2. The number of nitrogens with zero attached hydrogens (tertiary/aromatic N) is 2. The fraction of sp³-hybridized carbons (Fsp3) is 0.500. The zero-order valence-electron chi connectivity index (χ0n) is 11.6. The second-order valence-electron chi connectivity index (χ2n) is 5.24. The van der Waals surface area contributed by atoms with E-state index >= 15 is 0 Å². The SMILES string of the molecule is CCCC1CC1n1c(SCC(=O)O)nc2sccc2c1=O. The normalized spacial score (nSPS) is 20.8. The van der Waals surface area contributed by atoms with Crippen LogP contribution in [0.4, 0.5) is 0 Å². The van der Waals surface area contributed by atoms with Crippen molar-refractivity contribution < 1.29 is 9.90 Å². The maximum atomic E-state index is 12.7. The number of fused-ring (bicyclic) bond motifs is 1. The number of thiophene rings is 1. The molecule has 1 aliphatic carbocycles. The van der Waals surface area contributed by atoms with E-state index in [-0.39, 0.29) is 17.4 Å². The van der Waals surface area contributed by atoms with Gasteiger partial charge in [-0.2, -0.15) is 0 Å². The molecule has 112 valence electrons. The minimum Gasteiger partial charge on any atom is -0.481 e. The predicted molar refractivity (Wildman–Crippen MR) is 84.3 cm³/mol. The van der Waals surface area contributed by atoms with Crippen LogP contribution in [0.25, 0.3) is 10.2 Å². The monoisotopic (exact) mass is 324 g/mol. The van der Waals surface area contributed by atoms with Gasteiger partial charge in [0.2, 0.25) is 0 Å². The number of aliphatic carboxylic acids is 1. The molecule has 5 nitrogen and oxygen atoms in total. The standard InChI is InChI=1S/C14H16N2O3S2/c1-2-3-8-6-10(8)16-13(19)9-4-5-20-12(9)15-14(16)21-7-11(17)18/h4-5,8,10H,2-3,6-7H2,1H3,(H,17,18). The van der Waals surface area contributed by atoms with Gasteiger partial charge in [-0.05, 0) is 30.2 Å². The van der Waals surface area contributed by atoms with Gasteiger partial charge in [0.1, 0.15) is 4.83 Å². The molecular weight excluding hydrogens is 308 g/mol. The Morgan fingerprint density at radius 1 is 1.62 bits per heavy atom. The zero-order chi connectivity index (χ0) is 15.0. The lowest BCUT2D eigenvalue weighted by Crippen LogP contribution is -2.23. The highest BCUT2D eigenvalue weighted by Crippen LogP contribution is 2.47. The number of hydrogen-bond donors (Lipinski definition) is 1. The molecule has 2 heterocycles. The number of rotatable bonds is 6. The first-order valence-corrected chi connectivity index (χ1v) is 8.82. The van der Waals surface area contributed by atoms with Crippen LogP contribution in [0, 0.1) is 5.92 Å². The molecule has 2 aromatic heterocycles. The van der Waals surface area contributed by atoms with E-state index in [4.69, 9.17) is 5.11 Å². The summed E-state index contributed by atoms with van der Waals surface area (Å²) in [5, 5.41) is 11.9. The molecule has 2 atom stereocenters. The quantitative estimate of drug-likeness (QED) is 0.653. The van der Waals surface area contributed by atoms with Crippen LogP contribution < -0.4 is 5.56 Å². The molecule has 1 aliphatic rings. The molecule has 1 fully saturated rings. The van der Waals surface area contributed by atoms with E-state index in [9.17, 15) is 9.59 Å². The fourth-order valence-corrected chi connectivity index (χ4v) is 4.24. The molecule has 3 rings (SSSR count). The Morgan fingerprint density at radius 3 is 3.14 bits per heavy atom. The highest BCUT2D eigenvalue weighted by molar-refractivity contribution is 7.99. The van der Waals surface area contributed by atoms with Gasteiger partial charge in [-0.15, -0.1) is 11.3 Å².